The number of aromatic nitrogens is 2. The molecule has 2 heterocycles. The average molecular weight is 369 g/mol. The molecular formula is C15H19N3O4S2. The van der Waals surface area contributed by atoms with Crippen LogP contribution in [0.3, 0.4) is 0 Å². The van der Waals surface area contributed by atoms with Crippen molar-refractivity contribution in [3.63, 3.8) is 0 Å². The molecule has 0 spiro atoms. The van der Waals surface area contributed by atoms with Gasteiger partial charge in [0.25, 0.3) is 11.5 Å². The van der Waals surface area contributed by atoms with Gasteiger partial charge in [-0.05, 0) is 33.3 Å². The van der Waals surface area contributed by atoms with Crippen LogP contribution in [0.4, 0.5) is 0 Å². The summed E-state index contributed by atoms with van der Waals surface area (Å²) in [4.78, 5) is 43.9. The van der Waals surface area contributed by atoms with Crippen LogP contribution in [-0.2, 0) is 20.1 Å². The van der Waals surface area contributed by atoms with E-state index in [1.165, 1.54) is 30.0 Å². The number of hydrogen-bond acceptors (Lipinski definition) is 7. The Morgan fingerprint density at radius 1 is 1.38 bits per heavy atom. The highest BCUT2D eigenvalue weighted by Gasteiger charge is 2.21. The first kappa shape index (κ1) is 18.5. The zero-order valence-electron chi connectivity index (χ0n) is 13.8. The Balaban J connectivity index is 2.06. The maximum absolute atomic E-state index is 12.2. The molecule has 0 aromatic carbocycles. The SMILES string of the molecule is Cc1sc2nc(CS[C@@H](C)C(=O)O[C@@H](C)C(N)=O)[nH]c(=O)c2c1C. The van der Waals surface area contributed by atoms with E-state index in [-0.39, 0.29) is 5.56 Å². The lowest BCUT2D eigenvalue weighted by molar-refractivity contribution is -0.152. The summed E-state index contributed by atoms with van der Waals surface area (Å²) >= 11 is 2.74. The van der Waals surface area contributed by atoms with E-state index in [1.54, 1.807) is 6.92 Å². The van der Waals surface area contributed by atoms with Gasteiger partial charge in [-0.15, -0.1) is 23.1 Å². The second-order valence-electron chi connectivity index (χ2n) is 5.41. The van der Waals surface area contributed by atoms with Crippen molar-refractivity contribution in [2.24, 2.45) is 5.73 Å². The van der Waals surface area contributed by atoms with E-state index < -0.39 is 23.2 Å². The number of H-pyrrole nitrogens is 1. The number of carbonyl (C=O) groups excluding carboxylic acids is 2. The molecule has 0 radical (unpaired) electrons. The Kier molecular flexibility index (Phi) is 5.66. The van der Waals surface area contributed by atoms with E-state index in [9.17, 15) is 14.4 Å². The van der Waals surface area contributed by atoms with Crippen LogP contribution in [-0.4, -0.2) is 33.2 Å². The summed E-state index contributed by atoms with van der Waals surface area (Å²) in [6.07, 6.45) is -0.966. The topological polar surface area (TPSA) is 115 Å². The first-order chi connectivity index (χ1) is 11.2. The summed E-state index contributed by atoms with van der Waals surface area (Å²) < 4.78 is 4.95. The van der Waals surface area contributed by atoms with Crippen LogP contribution in [0.2, 0.25) is 0 Å². The van der Waals surface area contributed by atoms with Gasteiger partial charge in [0, 0.05) is 4.88 Å². The van der Waals surface area contributed by atoms with Crippen LogP contribution in [0.1, 0.15) is 30.1 Å². The van der Waals surface area contributed by atoms with Crippen molar-refractivity contribution in [1.29, 1.82) is 0 Å². The lowest BCUT2D eigenvalue weighted by Crippen LogP contribution is -2.33. The number of nitrogens with one attached hydrogen (secondary N) is 1. The van der Waals surface area contributed by atoms with Gasteiger partial charge in [0.15, 0.2) is 6.10 Å². The number of carbonyl (C=O) groups is 2. The second-order valence-corrected chi connectivity index (χ2v) is 7.94. The van der Waals surface area contributed by atoms with Crippen LogP contribution in [0, 0.1) is 13.8 Å². The third kappa shape index (κ3) is 3.96. The van der Waals surface area contributed by atoms with E-state index in [0.29, 0.717) is 21.8 Å². The van der Waals surface area contributed by atoms with Crippen molar-refractivity contribution in [1.82, 2.24) is 9.97 Å². The molecule has 2 rings (SSSR count). The number of hydrogen-bond donors (Lipinski definition) is 2. The number of ether oxygens (including phenoxy) is 1. The van der Waals surface area contributed by atoms with E-state index in [2.05, 4.69) is 9.97 Å². The third-order valence-electron chi connectivity index (χ3n) is 3.58. The van der Waals surface area contributed by atoms with Crippen LogP contribution in [0.15, 0.2) is 4.79 Å². The average Bonchev–Trinajstić information content (AvgIpc) is 2.79. The number of fused-ring (bicyclic) bond motifs is 1. The van der Waals surface area contributed by atoms with Crippen molar-refractivity contribution in [2.45, 2.75) is 44.8 Å². The Bertz CT molecular complexity index is 843. The van der Waals surface area contributed by atoms with Gasteiger partial charge in [0.05, 0.1) is 11.1 Å². The molecule has 24 heavy (non-hydrogen) atoms. The monoisotopic (exact) mass is 369 g/mol. The van der Waals surface area contributed by atoms with Gasteiger partial charge in [-0.1, -0.05) is 0 Å². The second kappa shape index (κ2) is 7.35. The first-order valence-corrected chi connectivity index (χ1v) is 9.17. The van der Waals surface area contributed by atoms with Crippen molar-refractivity contribution < 1.29 is 14.3 Å². The number of aryl methyl sites for hydroxylation is 2. The van der Waals surface area contributed by atoms with Crippen molar-refractivity contribution in [2.75, 3.05) is 0 Å². The fourth-order valence-corrected chi connectivity index (χ4v) is 3.75. The lowest BCUT2D eigenvalue weighted by atomic mass is 10.2. The molecule has 2 aromatic rings. The van der Waals surface area contributed by atoms with E-state index in [1.807, 2.05) is 13.8 Å². The molecule has 0 unspecified atom stereocenters. The molecule has 0 aliphatic carbocycles. The number of nitrogens with zero attached hydrogens (tertiary/aromatic N) is 1. The Hall–Kier alpha value is -1.87. The molecule has 0 saturated heterocycles. The summed E-state index contributed by atoms with van der Waals surface area (Å²) in [6, 6.07) is 0. The summed E-state index contributed by atoms with van der Waals surface area (Å²) in [5.41, 5.74) is 5.84. The molecule has 2 aromatic heterocycles. The molecule has 0 saturated carbocycles. The van der Waals surface area contributed by atoms with Gasteiger partial charge in [0.1, 0.15) is 15.9 Å². The predicted octanol–water partition coefficient (Wildman–Crippen LogP) is 1.64. The molecule has 0 bridgehead atoms. The number of aromatic amines is 1. The quantitative estimate of drug-likeness (QED) is 0.748. The van der Waals surface area contributed by atoms with Gasteiger partial charge in [0.2, 0.25) is 0 Å². The van der Waals surface area contributed by atoms with Gasteiger partial charge in [-0.2, -0.15) is 0 Å². The zero-order chi connectivity index (χ0) is 18.0. The van der Waals surface area contributed by atoms with Crippen LogP contribution < -0.4 is 11.3 Å². The van der Waals surface area contributed by atoms with Gasteiger partial charge in [-0.25, -0.2) is 4.98 Å². The first-order valence-electron chi connectivity index (χ1n) is 7.31. The molecule has 3 N–H and O–H groups in total. The summed E-state index contributed by atoms with van der Waals surface area (Å²) in [7, 11) is 0. The molecule has 1 amide bonds. The van der Waals surface area contributed by atoms with Gasteiger partial charge in [-0.3, -0.25) is 14.4 Å². The Labute approximate surface area is 147 Å². The third-order valence-corrected chi connectivity index (χ3v) is 5.82. The highest BCUT2D eigenvalue weighted by Crippen LogP contribution is 2.26. The molecule has 0 aliphatic rings. The van der Waals surface area contributed by atoms with Crippen LogP contribution in [0.5, 0.6) is 0 Å². The molecule has 130 valence electrons. The molecule has 0 aliphatic heterocycles. The minimum atomic E-state index is -0.966. The maximum atomic E-state index is 12.2. The molecular weight excluding hydrogens is 350 g/mol. The maximum Gasteiger partial charge on any atom is 0.319 e. The van der Waals surface area contributed by atoms with Crippen molar-refractivity contribution in [3.8, 4) is 0 Å². The number of esters is 1. The molecule has 9 heteroatoms. The van der Waals surface area contributed by atoms with Crippen molar-refractivity contribution in [3.05, 3.63) is 26.6 Å². The number of thioether (sulfide) groups is 1. The van der Waals surface area contributed by atoms with Gasteiger partial charge < -0.3 is 15.5 Å². The van der Waals surface area contributed by atoms with Crippen LogP contribution >= 0.6 is 23.1 Å². The minimum Gasteiger partial charge on any atom is -0.452 e. The molecule has 7 nitrogen and oxygen atoms in total. The van der Waals surface area contributed by atoms with E-state index >= 15 is 0 Å². The number of thiophene rings is 1. The number of rotatable bonds is 6. The molecule has 2 atom stereocenters. The minimum absolute atomic E-state index is 0.171. The molecule has 0 fully saturated rings. The largest absolute Gasteiger partial charge is 0.452 e. The summed E-state index contributed by atoms with van der Waals surface area (Å²) in [6.45, 7) is 6.94. The van der Waals surface area contributed by atoms with E-state index in [0.717, 1.165) is 10.4 Å². The Morgan fingerprint density at radius 2 is 2.04 bits per heavy atom. The number of nitrogens with two attached hydrogens (primary N) is 1. The van der Waals surface area contributed by atoms with Crippen LogP contribution in [0.25, 0.3) is 10.2 Å². The summed E-state index contributed by atoms with van der Waals surface area (Å²) in [5, 5.41) is 0.105. The predicted molar refractivity (Wildman–Crippen MR) is 95.2 cm³/mol. The highest BCUT2D eigenvalue weighted by molar-refractivity contribution is 7.99. The number of primary amides is 1. The zero-order valence-corrected chi connectivity index (χ0v) is 15.5. The smallest absolute Gasteiger partial charge is 0.319 e. The fourth-order valence-electron chi connectivity index (χ4n) is 1.97. The lowest BCUT2D eigenvalue weighted by Gasteiger charge is -2.14. The van der Waals surface area contributed by atoms with Crippen molar-refractivity contribution >= 4 is 45.2 Å². The highest BCUT2D eigenvalue weighted by atomic mass is 32.2. The normalized spacial score (nSPS) is 13.7. The number of amides is 1. The van der Waals surface area contributed by atoms with Gasteiger partial charge >= 0.3 is 5.97 Å². The fraction of sp³-hybridized carbons (Fsp3) is 0.467. The Morgan fingerprint density at radius 3 is 2.67 bits per heavy atom. The van der Waals surface area contributed by atoms with E-state index in [4.69, 9.17) is 10.5 Å². The summed E-state index contributed by atoms with van der Waals surface area (Å²) in [5.74, 6) is -0.373. The standard InChI is InChI=1S/C15H19N3O4S2/c1-6-8(3)24-14-11(6)13(20)17-10(18-14)5-23-9(4)15(21)22-7(2)12(16)19/h7,9H,5H2,1-4H3,(H2,16,19)(H,17,18,20)/t7-,9-/m0/s1.